The van der Waals surface area contributed by atoms with Crippen LogP contribution in [0.4, 0.5) is 0 Å². The Kier molecular flexibility index (Phi) is 5.69. The van der Waals surface area contributed by atoms with Gasteiger partial charge in [-0.25, -0.2) is 0 Å². The molecular formula is C21H30BrNO3. The van der Waals surface area contributed by atoms with Crippen LogP contribution in [0.1, 0.15) is 65.0 Å². The maximum Gasteiger partial charge on any atom is 0.222 e. The number of ether oxygens (including phenoxy) is 1. The summed E-state index contributed by atoms with van der Waals surface area (Å²) in [6.45, 7) is 8.28. The van der Waals surface area contributed by atoms with E-state index in [1.54, 1.807) is 6.07 Å². The van der Waals surface area contributed by atoms with Gasteiger partial charge in [-0.2, -0.15) is 0 Å². The third-order valence-corrected chi connectivity index (χ3v) is 6.58. The fourth-order valence-corrected chi connectivity index (χ4v) is 4.92. The molecule has 26 heavy (non-hydrogen) atoms. The molecule has 2 aliphatic rings. The van der Waals surface area contributed by atoms with Crippen molar-refractivity contribution in [2.75, 3.05) is 0 Å². The van der Waals surface area contributed by atoms with Crippen molar-refractivity contribution in [2.24, 2.45) is 17.8 Å². The van der Waals surface area contributed by atoms with Crippen molar-refractivity contribution in [3.8, 4) is 5.75 Å². The normalized spacial score (nSPS) is 34.4. The van der Waals surface area contributed by atoms with E-state index in [2.05, 4.69) is 35.1 Å². The van der Waals surface area contributed by atoms with Gasteiger partial charge in [0.25, 0.3) is 0 Å². The van der Waals surface area contributed by atoms with Gasteiger partial charge in [0, 0.05) is 33.8 Å². The zero-order valence-corrected chi connectivity index (χ0v) is 17.7. The summed E-state index contributed by atoms with van der Waals surface area (Å²) in [5.41, 5.74) is 0.463. The molecule has 1 saturated carbocycles. The molecular weight excluding hydrogens is 394 g/mol. The predicted molar refractivity (Wildman–Crippen MR) is 106 cm³/mol. The van der Waals surface area contributed by atoms with Crippen molar-refractivity contribution in [1.29, 1.82) is 0 Å². The zero-order valence-electron chi connectivity index (χ0n) is 16.1. The molecule has 5 atom stereocenters. The van der Waals surface area contributed by atoms with Crippen LogP contribution < -0.4 is 5.32 Å². The first-order valence-corrected chi connectivity index (χ1v) is 10.4. The van der Waals surface area contributed by atoms with Gasteiger partial charge in [0.05, 0.1) is 12.2 Å². The van der Waals surface area contributed by atoms with Gasteiger partial charge in [-0.15, -0.1) is 0 Å². The van der Waals surface area contributed by atoms with Gasteiger partial charge in [-0.1, -0.05) is 43.1 Å². The molecule has 4 nitrogen and oxygen atoms in total. The van der Waals surface area contributed by atoms with Crippen LogP contribution >= 0.6 is 15.9 Å². The SMILES string of the molecule is CC(C)C(=O)N[C@]1(C)C[C@@H](c2cc(Br)ccc2O)O[C@H]2C[C@@H](C)CC[C@@H]21. The molecule has 0 aromatic heterocycles. The van der Waals surface area contributed by atoms with Gasteiger partial charge in [0.1, 0.15) is 5.75 Å². The van der Waals surface area contributed by atoms with E-state index < -0.39 is 0 Å². The lowest BCUT2D eigenvalue weighted by atomic mass is 9.66. The molecule has 2 N–H and O–H groups in total. The molecule has 0 radical (unpaired) electrons. The fourth-order valence-electron chi connectivity index (χ4n) is 4.54. The molecule has 0 spiro atoms. The van der Waals surface area contributed by atoms with Gasteiger partial charge in [-0.05, 0) is 43.9 Å². The predicted octanol–water partition coefficient (Wildman–Crippen LogP) is 4.95. The minimum Gasteiger partial charge on any atom is -0.508 e. The van der Waals surface area contributed by atoms with Gasteiger partial charge in [0.2, 0.25) is 5.91 Å². The molecule has 2 fully saturated rings. The van der Waals surface area contributed by atoms with E-state index in [0.29, 0.717) is 18.3 Å². The number of rotatable bonds is 3. The first-order chi connectivity index (χ1) is 12.2. The first kappa shape index (κ1) is 19.7. The topological polar surface area (TPSA) is 58.6 Å². The molecule has 1 aliphatic carbocycles. The van der Waals surface area contributed by atoms with Crippen LogP contribution in [0.2, 0.25) is 0 Å². The maximum atomic E-state index is 12.5. The van der Waals surface area contributed by atoms with Crippen molar-refractivity contribution in [3.05, 3.63) is 28.2 Å². The number of aromatic hydroxyl groups is 1. The van der Waals surface area contributed by atoms with Crippen molar-refractivity contribution in [1.82, 2.24) is 5.32 Å². The van der Waals surface area contributed by atoms with Gasteiger partial charge in [0.15, 0.2) is 0 Å². The summed E-state index contributed by atoms with van der Waals surface area (Å²) < 4.78 is 7.41. The number of phenols is 1. The van der Waals surface area contributed by atoms with Crippen molar-refractivity contribution >= 4 is 21.8 Å². The third kappa shape index (κ3) is 3.94. The number of benzene rings is 1. The van der Waals surface area contributed by atoms with E-state index in [0.717, 1.165) is 22.9 Å². The molecule has 3 rings (SSSR count). The minimum absolute atomic E-state index is 0.0478. The van der Waals surface area contributed by atoms with E-state index >= 15 is 0 Å². The molecule has 1 saturated heterocycles. The molecule has 0 unspecified atom stereocenters. The molecule has 1 aromatic rings. The number of carbonyl (C=O) groups is 1. The molecule has 144 valence electrons. The van der Waals surface area contributed by atoms with E-state index in [9.17, 15) is 9.90 Å². The largest absolute Gasteiger partial charge is 0.508 e. The maximum absolute atomic E-state index is 12.5. The summed E-state index contributed by atoms with van der Waals surface area (Å²) in [5, 5.41) is 13.7. The third-order valence-electron chi connectivity index (χ3n) is 6.09. The highest BCUT2D eigenvalue weighted by atomic mass is 79.9. The molecule has 1 heterocycles. The monoisotopic (exact) mass is 423 g/mol. The number of halogens is 1. The van der Waals surface area contributed by atoms with Crippen molar-refractivity contribution in [3.63, 3.8) is 0 Å². The standard InChI is InChI=1S/C21H30BrNO3/c1-12(2)20(25)23-21(4)11-19(15-10-14(22)6-8-17(15)24)26-18-9-13(3)5-7-16(18)21/h6,8,10,12-13,16,18-19,24H,5,7,9,11H2,1-4H3,(H,23,25)/t13-,16-,18-,19-,21+/m0/s1. The Morgan fingerprint density at radius 3 is 2.81 bits per heavy atom. The van der Waals surface area contributed by atoms with Gasteiger partial charge < -0.3 is 15.2 Å². The van der Waals surface area contributed by atoms with Crippen molar-refractivity contribution in [2.45, 2.75) is 71.1 Å². The second kappa shape index (κ2) is 7.51. The highest BCUT2D eigenvalue weighted by Gasteiger charge is 2.49. The summed E-state index contributed by atoms with van der Waals surface area (Å²) in [6.07, 6.45) is 3.79. The fraction of sp³-hybridized carbons (Fsp3) is 0.667. The number of hydrogen-bond donors (Lipinski definition) is 2. The summed E-state index contributed by atoms with van der Waals surface area (Å²) in [7, 11) is 0. The Labute approximate surface area is 164 Å². The number of fused-ring (bicyclic) bond motifs is 1. The average molecular weight is 424 g/mol. The van der Waals surface area contributed by atoms with E-state index in [-0.39, 0.29) is 35.3 Å². The highest BCUT2D eigenvalue weighted by Crippen LogP contribution is 2.49. The minimum atomic E-state index is -0.330. The Hall–Kier alpha value is -1.07. The van der Waals surface area contributed by atoms with Gasteiger partial charge >= 0.3 is 0 Å². The highest BCUT2D eigenvalue weighted by molar-refractivity contribution is 9.10. The van der Waals surface area contributed by atoms with Crippen LogP contribution in [0.15, 0.2) is 22.7 Å². The smallest absolute Gasteiger partial charge is 0.222 e. The molecule has 5 heteroatoms. The molecule has 1 aromatic carbocycles. The zero-order chi connectivity index (χ0) is 19.1. The summed E-state index contributed by atoms with van der Waals surface area (Å²) in [4.78, 5) is 12.5. The van der Waals surface area contributed by atoms with E-state index in [1.165, 1.54) is 6.42 Å². The second-order valence-corrected chi connectivity index (χ2v) is 9.57. The Morgan fingerprint density at radius 1 is 1.38 bits per heavy atom. The number of amides is 1. The average Bonchev–Trinajstić information content (AvgIpc) is 2.56. The summed E-state index contributed by atoms with van der Waals surface area (Å²) in [6, 6.07) is 5.45. The quantitative estimate of drug-likeness (QED) is 0.722. The summed E-state index contributed by atoms with van der Waals surface area (Å²) in [5.74, 6) is 1.22. The first-order valence-electron chi connectivity index (χ1n) is 9.65. The summed E-state index contributed by atoms with van der Waals surface area (Å²) >= 11 is 3.49. The van der Waals surface area contributed by atoms with Crippen LogP contribution in [-0.2, 0) is 9.53 Å². The lowest BCUT2D eigenvalue weighted by Gasteiger charge is -2.52. The lowest BCUT2D eigenvalue weighted by molar-refractivity contribution is -0.155. The number of phenolic OH excluding ortho intramolecular Hbond substituents is 1. The van der Waals surface area contributed by atoms with Crippen LogP contribution in [0.25, 0.3) is 0 Å². The van der Waals surface area contributed by atoms with Crippen LogP contribution in [0.3, 0.4) is 0 Å². The van der Waals surface area contributed by atoms with Crippen LogP contribution in [0, 0.1) is 17.8 Å². The Balaban J connectivity index is 1.94. The number of carbonyl (C=O) groups excluding carboxylic acids is 1. The molecule has 1 aliphatic heterocycles. The molecule has 0 bridgehead atoms. The van der Waals surface area contributed by atoms with Gasteiger partial charge in [-0.3, -0.25) is 4.79 Å². The Morgan fingerprint density at radius 2 is 2.12 bits per heavy atom. The lowest BCUT2D eigenvalue weighted by Crippen LogP contribution is -2.61. The second-order valence-electron chi connectivity index (χ2n) is 8.66. The number of nitrogens with one attached hydrogen (secondary N) is 1. The Bertz CT molecular complexity index is 677. The van der Waals surface area contributed by atoms with Crippen LogP contribution in [0.5, 0.6) is 5.75 Å². The van der Waals surface area contributed by atoms with Crippen molar-refractivity contribution < 1.29 is 14.6 Å². The molecule has 1 amide bonds. The van der Waals surface area contributed by atoms with E-state index in [1.807, 2.05) is 26.0 Å². The number of hydrogen-bond acceptors (Lipinski definition) is 3. The van der Waals surface area contributed by atoms with Crippen LogP contribution in [-0.4, -0.2) is 22.7 Å². The van der Waals surface area contributed by atoms with E-state index in [4.69, 9.17) is 4.74 Å².